The maximum atomic E-state index is 13.0. The van der Waals surface area contributed by atoms with E-state index >= 15 is 0 Å². The molecule has 0 saturated carbocycles. The van der Waals surface area contributed by atoms with Gasteiger partial charge in [0.05, 0.1) is 10.9 Å². The van der Waals surface area contributed by atoms with Crippen molar-refractivity contribution in [2.24, 2.45) is 0 Å². The molecule has 1 aromatic heterocycles. The first-order chi connectivity index (χ1) is 11.0. The summed E-state index contributed by atoms with van der Waals surface area (Å²) in [6.07, 6.45) is 3.96. The molecule has 1 saturated heterocycles. The predicted octanol–water partition coefficient (Wildman–Crippen LogP) is 2.60. The van der Waals surface area contributed by atoms with Crippen LogP contribution in [0.3, 0.4) is 0 Å². The summed E-state index contributed by atoms with van der Waals surface area (Å²) < 4.78 is 27.5. The highest BCUT2D eigenvalue weighted by Crippen LogP contribution is 2.34. The summed E-state index contributed by atoms with van der Waals surface area (Å²) in [6, 6.07) is 9.90. The van der Waals surface area contributed by atoms with E-state index in [1.54, 1.807) is 42.6 Å². The van der Waals surface area contributed by atoms with Crippen LogP contribution in [0.4, 0.5) is 0 Å². The molecule has 0 aliphatic carbocycles. The van der Waals surface area contributed by atoms with Gasteiger partial charge in [0.25, 0.3) is 5.56 Å². The summed E-state index contributed by atoms with van der Waals surface area (Å²) in [4.78, 5) is 15.0. The minimum atomic E-state index is -3.61. The van der Waals surface area contributed by atoms with Crippen LogP contribution in [0.25, 0.3) is 0 Å². The van der Waals surface area contributed by atoms with Crippen molar-refractivity contribution in [2.45, 2.75) is 37.1 Å². The Morgan fingerprint density at radius 1 is 1.13 bits per heavy atom. The van der Waals surface area contributed by atoms with Gasteiger partial charge in [-0.1, -0.05) is 30.2 Å². The van der Waals surface area contributed by atoms with Crippen LogP contribution >= 0.6 is 0 Å². The Bertz CT molecular complexity index is 841. The van der Waals surface area contributed by atoms with E-state index in [1.807, 2.05) is 6.92 Å². The maximum Gasteiger partial charge on any atom is 0.252 e. The van der Waals surface area contributed by atoms with E-state index in [1.165, 1.54) is 4.31 Å². The van der Waals surface area contributed by atoms with Crippen molar-refractivity contribution in [3.8, 4) is 0 Å². The van der Waals surface area contributed by atoms with Crippen molar-refractivity contribution >= 4 is 10.0 Å². The highest BCUT2D eigenvalue weighted by Gasteiger charge is 2.35. The molecule has 1 aliphatic rings. The zero-order valence-electron chi connectivity index (χ0n) is 13.0. The number of piperidine rings is 1. The second-order valence-electron chi connectivity index (χ2n) is 5.89. The number of pyridine rings is 1. The highest BCUT2D eigenvalue weighted by molar-refractivity contribution is 7.89. The number of aromatic amines is 1. The number of hydrogen-bond acceptors (Lipinski definition) is 3. The monoisotopic (exact) mass is 332 g/mol. The van der Waals surface area contributed by atoms with Crippen molar-refractivity contribution in [1.29, 1.82) is 0 Å². The zero-order chi connectivity index (χ0) is 16.4. The Balaban J connectivity index is 2.03. The van der Waals surface area contributed by atoms with Crippen LogP contribution in [0.5, 0.6) is 0 Å². The van der Waals surface area contributed by atoms with Gasteiger partial charge < -0.3 is 4.98 Å². The lowest BCUT2D eigenvalue weighted by Crippen LogP contribution is -2.40. The van der Waals surface area contributed by atoms with Crippen LogP contribution < -0.4 is 5.56 Å². The second-order valence-corrected chi connectivity index (χ2v) is 7.79. The van der Waals surface area contributed by atoms with Crippen LogP contribution in [-0.4, -0.2) is 24.3 Å². The Kier molecular flexibility index (Phi) is 4.37. The highest BCUT2D eigenvalue weighted by atomic mass is 32.2. The van der Waals surface area contributed by atoms with Crippen molar-refractivity contribution in [2.75, 3.05) is 6.54 Å². The van der Waals surface area contributed by atoms with E-state index in [4.69, 9.17) is 0 Å². The number of nitrogens with one attached hydrogen (secondary N) is 1. The summed E-state index contributed by atoms with van der Waals surface area (Å²) in [5.74, 6) is 0. The first-order valence-electron chi connectivity index (χ1n) is 7.76. The molecule has 5 nitrogen and oxygen atoms in total. The van der Waals surface area contributed by atoms with Crippen molar-refractivity contribution in [1.82, 2.24) is 9.29 Å². The van der Waals surface area contributed by atoms with Crippen LogP contribution in [0, 0.1) is 6.92 Å². The number of nitrogens with zero attached hydrogens (tertiary/aromatic N) is 1. The van der Waals surface area contributed by atoms with Gasteiger partial charge in [0.1, 0.15) is 0 Å². The Hall–Kier alpha value is -1.92. The summed E-state index contributed by atoms with van der Waals surface area (Å²) >= 11 is 0. The lowest BCUT2D eigenvalue weighted by atomic mass is 9.99. The van der Waals surface area contributed by atoms with Gasteiger partial charge in [-0.25, -0.2) is 8.42 Å². The van der Waals surface area contributed by atoms with Crippen molar-refractivity contribution < 1.29 is 8.42 Å². The van der Waals surface area contributed by atoms with Gasteiger partial charge in [0, 0.05) is 18.3 Å². The molecule has 122 valence electrons. The minimum Gasteiger partial charge on any atom is -0.329 e. The predicted molar refractivity (Wildman–Crippen MR) is 88.7 cm³/mol. The molecule has 0 spiro atoms. The molecule has 0 unspecified atom stereocenters. The molecule has 2 aromatic rings. The number of benzene rings is 1. The summed E-state index contributed by atoms with van der Waals surface area (Å²) in [5.41, 5.74) is 1.31. The van der Waals surface area contributed by atoms with Crippen molar-refractivity contribution in [3.05, 3.63) is 64.1 Å². The number of hydrogen-bond donors (Lipinski definition) is 1. The number of H-pyrrole nitrogens is 1. The fourth-order valence-electron chi connectivity index (χ4n) is 3.05. The van der Waals surface area contributed by atoms with Crippen molar-refractivity contribution in [3.63, 3.8) is 0 Å². The standard InChI is InChI=1S/C17H20N2O3S/c1-13-7-9-14(10-8-13)23(21,22)19-12-3-2-6-16(19)15-5-4-11-18-17(15)20/h4-5,7-11,16H,2-3,6,12H2,1H3,(H,18,20)/t16-/m1/s1. The molecule has 1 aliphatic heterocycles. The topological polar surface area (TPSA) is 70.2 Å². The SMILES string of the molecule is Cc1ccc(S(=O)(=O)N2CCCC[C@@H]2c2ccc[nH]c2=O)cc1. The normalized spacial score (nSPS) is 19.6. The zero-order valence-corrected chi connectivity index (χ0v) is 13.8. The molecule has 2 heterocycles. The molecule has 6 heteroatoms. The fourth-order valence-corrected chi connectivity index (χ4v) is 4.72. The Morgan fingerprint density at radius 2 is 1.87 bits per heavy atom. The summed E-state index contributed by atoms with van der Waals surface area (Å²) in [6.45, 7) is 2.36. The summed E-state index contributed by atoms with van der Waals surface area (Å²) in [5, 5.41) is 0. The van der Waals surface area contributed by atoms with Crippen LogP contribution in [0.2, 0.25) is 0 Å². The van der Waals surface area contributed by atoms with E-state index in [0.29, 0.717) is 18.5 Å². The quantitative estimate of drug-likeness (QED) is 0.939. The minimum absolute atomic E-state index is 0.219. The first-order valence-corrected chi connectivity index (χ1v) is 9.20. The lowest BCUT2D eigenvalue weighted by Gasteiger charge is -2.34. The molecular weight excluding hydrogens is 312 g/mol. The van der Waals surface area contributed by atoms with Gasteiger partial charge in [-0.15, -0.1) is 0 Å². The van der Waals surface area contributed by atoms with E-state index in [2.05, 4.69) is 4.98 Å². The third-order valence-corrected chi connectivity index (χ3v) is 6.21. The van der Waals surface area contributed by atoms with E-state index in [9.17, 15) is 13.2 Å². The van der Waals surface area contributed by atoms with Crippen LogP contribution in [-0.2, 0) is 10.0 Å². The average molecular weight is 332 g/mol. The molecule has 3 rings (SSSR count). The molecule has 23 heavy (non-hydrogen) atoms. The molecule has 0 amide bonds. The van der Waals surface area contributed by atoms with E-state index in [0.717, 1.165) is 18.4 Å². The van der Waals surface area contributed by atoms with Crippen LogP contribution in [0.1, 0.15) is 36.4 Å². The van der Waals surface area contributed by atoms with Gasteiger partial charge in [-0.3, -0.25) is 4.79 Å². The molecule has 1 aromatic carbocycles. The molecule has 1 atom stereocenters. The number of aromatic nitrogens is 1. The lowest BCUT2D eigenvalue weighted by molar-refractivity contribution is 0.254. The largest absolute Gasteiger partial charge is 0.329 e. The van der Waals surface area contributed by atoms with Gasteiger partial charge in [-0.05, 0) is 38.0 Å². The smallest absolute Gasteiger partial charge is 0.252 e. The molecule has 1 fully saturated rings. The fraction of sp³-hybridized carbons (Fsp3) is 0.353. The Morgan fingerprint density at radius 3 is 2.57 bits per heavy atom. The number of aryl methyl sites for hydroxylation is 1. The van der Waals surface area contributed by atoms with Gasteiger partial charge in [0.15, 0.2) is 0 Å². The van der Waals surface area contributed by atoms with Gasteiger partial charge >= 0.3 is 0 Å². The molecular formula is C17H20N2O3S. The summed E-state index contributed by atoms with van der Waals surface area (Å²) in [7, 11) is -3.61. The third-order valence-electron chi connectivity index (χ3n) is 4.29. The van der Waals surface area contributed by atoms with Gasteiger partial charge in [-0.2, -0.15) is 4.31 Å². The van der Waals surface area contributed by atoms with E-state index in [-0.39, 0.29) is 10.5 Å². The number of rotatable bonds is 3. The molecule has 0 bridgehead atoms. The van der Waals surface area contributed by atoms with E-state index < -0.39 is 16.1 Å². The van der Waals surface area contributed by atoms with Gasteiger partial charge in [0.2, 0.25) is 10.0 Å². The molecule has 0 radical (unpaired) electrons. The third kappa shape index (κ3) is 3.09. The Labute approximate surface area is 136 Å². The maximum absolute atomic E-state index is 13.0. The van der Waals surface area contributed by atoms with Crippen LogP contribution in [0.15, 0.2) is 52.3 Å². The number of sulfonamides is 1. The average Bonchev–Trinajstić information content (AvgIpc) is 2.56. The second kappa shape index (κ2) is 6.29. The molecule has 1 N–H and O–H groups in total. The first kappa shape index (κ1) is 16.0.